The molecule has 0 fully saturated rings. The molecule has 0 saturated carbocycles. The molecule has 106 valence electrons. The van der Waals surface area contributed by atoms with Crippen LogP contribution in [0.4, 0.5) is 0 Å². The molecule has 2 aromatic rings. The molecule has 0 unspecified atom stereocenters. The summed E-state index contributed by atoms with van der Waals surface area (Å²) in [7, 11) is 2.00. The van der Waals surface area contributed by atoms with Crippen LogP contribution in [0.5, 0.6) is 0 Å². The molecular formula is C19H25N. The molecule has 2 aromatic carbocycles. The van der Waals surface area contributed by atoms with Crippen LogP contribution in [0.25, 0.3) is 11.1 Å². The van der Waals surface area contributed by atoms with Gasteiger partial charge >= 0.3 is 0 Å². The first-order valence-corrected chi connectivity index (χ1v) is 7.43. The number of rotatable bonds is 5. The van der Waals surface area contributed by atoms with E-state index in [-0.39, 0.29) is 0 Å². The van der Waals surface area contributed by atoms with E-state index in [2.05, 4.69) is 68.6 Å². The summed E-state index contributed by atoms with van der Waals surface area (Å²) in [4.78, 5) is 0. The van der Waals surface area contributed by atoms with E-state index in [1.54, 1.807) is 0 Å². The van der Waals surface area contributed by atoms with Crippen LogP contribution in [-0.2, 0) is 13.0 Å². The van der Waals surface area contributed by atoms with Crippen molar-refractivity contribution in [3.8, 4) is 11.1 Å². The van der Waals surface area contributed by atoms with E-state index in [0.717, 1.165) is 13.0 Å². The zero-order valence-corrected chi connectivity index (χ0v) is 13.0. The molecule has 0 saturated heterocycles. The molecule has 20 heavy (non-hydrogen) atoms. The second-order valence-corrected chi connectivity index (χ2v) is 5.99. The van der Waals surface area contributed by atoms with Gasteiger partial charge in [0.25, 0.3) is 0 Å². The SMILES string of the molecule is CNCc1ccc(C)cc1-c1cccc(CC(C)C)c1. The minimum Gasteiger partial charge on any atom is -0.316 e. The normalized spacial score (nSPS) is 11.1. The highest BCUT2D eigenvalue weighted by Crippen LogP contribution is 2.26. The van der Waals surface area contributed by atoms with Crippen molar-refractivity contribution < 1.29 is 0 Å². The van der Waals surface area contributed by atoms with E-state index >= 15 is 0 Å². The Labute approximate surface area is 123 Å². The van der Waals surface area contributed by atoms with E-state index in [0.29, 0.717) is 5.92 Å². The van der Waals surface area contributed by atoms with Crippen LogP contribution in [-0.4, -0.2) is 7.05 Å². The van der Waals surface area contributed by atoms with E-state index < -0.39 is 0 Å². The Hall–Kier alpha value is -1.60. The van der Waals surface area contributed by atoms with E-state index in [9.17, 15) is 0 Å². The highest BCUT2D eigenvalue weighted by atomic mass is 14.8. The van der Waals surface area contributed by atoms with E-state index in [4.69, 9.17) is 0 Å². The van der Waals surface area contributed by atoms with Crippen LogP contribution in [0, 0.1) is 12.8 Å². The van der Waals surface area contributed by atoms with Crippen molar-refractivity contribution in [2.24, 2.45) is 5.92 Å². The third kappa shape index (κ3) is 3.71. The quantitative estimate of drug-likeness (QED) is 0.836. The first-order chi connectivity index (χ1) is 9.60. The Morgan fingerprint density at radius 3 is 2.55 bits per heavy atom. The predicted octanol–water partition coefficient (Wildman–Crippen LogP) is 4.58. The van der Waals surface area contributed by atoms with Gasteiger partial charge < -0.3 is 5.32 Å². The van der Waals surface area contributed by atoms with Crippen molar-refractivity contribution in [1.82, 2.24) is 5.32 Å². The molecule has 0 aliphatic heterocycles. The molecule has 0 atom stereocenters. The summed E-state index contributed by atoms with van der Waals surface area (Å²) in [5.74, 6) is 0.694. The van der Waals surface area contributed by atoms with Gasteiger partial charge in [-0.2, -0.15) is 0 Å². The number of benzene rings is 2. The van der Waals surface area contributed by atoms with Crippen molar-refractivity contribution in [1.29, 1.82) is 0 Å². The summed E-state index contributed by atoms with van der Waals surface area (Å²) in [6.07, 6.45) is 1.14. The highest BCUT2D eigenvalue weighted by Gasteiger charge is 2.06. The molecule has 0 bridgehead atoms. The van der Waals surface area contributed by atoms with Gasteiger partial charge in [0, 0.05) is 6.54 Å². The zero-order valence-electron chi connectivity index (χ0n) is 13.0. The number of hydrogen-bond acceptors (Lipinski definition) is 1. The minimum absolute atomic E-state index is 0.694. The Balaban J connectivity index is 2.42. The Kier molecular flexibility index (Phi) is 4.97. The van der Waals surface area contributed by atoms with Crippen LogP contribution in [0.1, 0.15) is 30.5 Å². The first-order valence-electron chi connectivity index (χ1n) is 7.43. The number of hydrogen-bond donors (Lipinski definition) is 1. The van der Waals surface area contributed by atoms with Crippen molar-refractivity contribution in [3.63, 3.8) is 0 Å². The Morgan fingerprint density at radius 2 is 1.85 bits per heavy atom. The zero-order chi connectivity index (χ0) is 14.5. The molecule has 0 radical (unpaired) electrons. The highest BCUT2D eigenvalue weighted by molar-refractivity contribution is 5.68. The molecular weight excluding hydrogens is 242 g/mol. The van der Waals surface area contributed by atoms with Crippen LogP contribution in [0.2, 0.25) is 0 Å². The Bertz CT molecular complexity index is 570. The summed E-state index contributed by atoms with van der Waals surface area (Å²) in [5, 5.41) is 3.26. The molecule has 1 N–H and O–H groups in total. The fourth-order valence-electron chi connectivity index (χ4n) is 2.64. The van der Waals surface area contributed by atoms with Crippen LogP contribution in [0.15, 0.2) is 42.5 Å². The van der Waals surface area contributed by atoms with Gasteiger partial charge in [0.15, 0.2) is 0 Å². The van der Waals surface area contributed by atoms with Crippen LogP contribution in [0.3, 0.4) is 0 Å². The average Bonchev–Trinajstić information content (AvgIpc) is 2.40. The van der Waals surface area contributed by atoms with Gasteiger partial charge in [-0.05, 0) is 48.6 Å². The molecule has 2 rings (SSSR count). The summed E-state index contributed by atoms with van der Waals surface area (Å²) in [6.45, 7) is 7.60. The van der Waals surface area contributed by atoms with Gasteiger partial charge in [-0.15, -0.1) is 0 Å². The maximum Gasteiger partial charge on any atom is 0.0208 e. The summed E-state index contributed by atoms with van der Waals surface area (Å²) < 4.78 is 0. The molecule has 1 nitrogen and oxygen atoms in total. The monoisotopic (exact) mass is 267 g/mol. The third-order valence-electron chi connectivity index (χ3n) is 3.51. The van der Waals surface area contributed by atoms with Crippen molar-refractivity contribution in [3.05, 3.63) is 59.2 Å². The molecule has 1 heteroatoms. The lowest BCUT2D eigenvalue weighted by Gasteiger charge is -2.13. The van der Waals surface area contributed by atoms with Crippen LogP contribution < -0.4 is 5.32 Å². The summed E-state index contributed by atoms with van der Waals surface area (Å²) >= 11 is 0. The fraction of sp³-hybridized carbons (Fsp3) is 0.368. The van der Waals surface area contributed by atoms with Crippen molar-refractivity contribution >= 4 is 0 Å². The van der Waals surface area contributed by atoms with Crippen molar-refractivity contribution in [2.75, 3.05) is 7.05 Å². The fourth-order valence-corrected chi connectivity index (χ4v) is 2.64. The van der Waals surface area contributed by atoms with Gasteiger partial charge in [0.2, 0.25) is 0 Å². The lowest BCUT2D eigenvalue weighted by molar-refractivity contribution is 0.647. The van der Waals surface area contributed by atoms with E-state index in [1.807, 2.05) is 7.05 Å². The number of nitrogens with one attached hydrogen (secondary N) is 1. The molecule has 0 aromatic heterocycles. The molecule has 0 aliphatic rings. The maximum atomic E-state index is 3.26. The van der Waals surface area contributed by atoms with Gasteiger partial charge in [-0.3, -0.25) is 0 Å². The van der Waals surface area contributed by atoms with Gasteiger partial charge in [-0.1, -0.05) is 61.9 Å². The van der Waals surface area contributed by atoms with E-state index in [1.165, 1.54) is 27.8 Å². The van der Waals surface area contributed by atoms with Crippen molar-refractivity contribution in [2.45, 2.75) is 33.7 Å². The predicted molar refractivity (Wildman–Crippen MR) is 87.9 cm³/mol. The molecule has 0 aliphatic carbocycles. The first kappa shape index (κ1) is 14.8. The molecule has 0 amide bonds. The minimum atomic E-state index is 0.694. The summed E-state index contributed by atoms with van der Waals surface area (Å²) in [6, 6.07) is 15.7. The lowest BCUT2D eigenvalue weighted by atomic mass is 9.94. The largest absolute Gasteiger partial charge is 0.316 e. The standard InChI is InChI=1S/C19H25N/c1-14(2)10-16-6-5-7-17(12-16)19-11-15(3)8-9-18(19)13-20-4/h5-9,11-12,14,20H,10,13H2,1-4H3. The average molecular weight is 267 g/mol. The maximum absolute atomic E-state index is 3.26. The second kappa shape index (κ2) is 6.71. The molecule has 0 heterocycles. The molecule has 0 spiro atoms. The lowest BCUT2D eigenvalue weighted by Crippen LogP contribution is -2.06. The summed E-state index contributed by atoms with van der Waals surface area (Å²) in [5.41, 5.74) is 6.78. The Morgan fingerprint density at radius 1 is 1.05 bits per heavy atom. The van der Waals surface area contributed by atoms with Gasteiger partial charge in [0.1, 0.15) is 0 Å². The van der Waals surface area contributed by atoms with Gasteiger partial charge in [0.05, 0.1) is 0 Å². The van der Waals surface area contributed by atoms with Gasteiger partial charge in [-0.25, -0.2) is 0 Å². The smallest absolute Gasteiger partial charge is 0.0208 e. The van der Waals surface area contributed by atoms with Crippen LogP contribution >= 0.6 is 0 Å². The third-order valence-corrected chi connectivity index (χ3v) is 3.51. The topological polar surface area (TPSA) is 12.0 Å². The second-order valence-electron chi connectivity index (χ2n) is 5.99. The number of aryl methyl sites for hydroxylation is 1.